The number of hydrogen-bond donors (Lipinski definition) is 3. The Hall–Kier alpha value is -2.06. The van der Waals surface area contributed by atoms with Crippen LogP contribution in [0, 0.1) is 5.82 Å². The molecule has 3 N–H and O–H groups in total. The van der Waals surface area contributed by atoms with E-state index in [0.29, 0.717) is 17.3 Å². The third-order valence-electron chi connectivity index (χ3n) is 5.25. The molecule has 2 aromatic rings. The summed E-state index contributed by atoms with van der Waals surface area (Å²) < 4.78 is 24.3. The fourth-order valence-electron chi connectivity index (χ4n) is 3.51. The molecule has 0 heterocycles. The molecule has 1 aliphatic rings. The number of benzene rings is 2. The van der Waals surface area contributed by atoms with Gasteiger partial charge in [0.25, 0.3) is 5.91 Å². The lowest BCUT2D eigenvalue weighted by molar-refractivity contribution is -0.124. The van der Waals surface area contributed by atoms with E-state index in [4.69, 9.17) is 32.7 Å². The quantitative estimate of drug-likeness (QED) is 0.475. The Morgan fingerprint density at radius 2 is 1.69 bits per heavy atom. The molecule has 0 spiro atoms. The van der Waals surface area contributed by atoms with Crippen molar-refractivity contribution in [2.75, 3.05) is 19.8 Å². The Balaban J connectivity index is 1.28. The number of aliphatic hydroxyl groups is 1. The largest absolute Gasteiger partial charge is 0.491 e. The van der Waals surface area contributed by atoms with Crippen molar-refractivity contribution in [3.05, 3.63) is 58.3 Å². The summed E-state index contributed by atoms with van der Waals surface area (Å²) in [6.07, 6.45) is 2.81. The molecule has 1 amide bonds. The molecular formula is C23H27Cl2FN2O4. The van der Waals surface area contributed by atoms with Gasteiger partial charge in [-0.2, -0.15) is 0 Å². The third kappa shape index (κ3) is 8.13. The van der Waals surface area contributed by atoms with Crippen LogP contribution in [0.15, 0.2) is 42.5 Å². The van der Waals surface area contributed by atoms with Crippen molar-refractivity contribution in [2.45, 2.75) is 43.9 Å². The zero-order valence-corrected chi connectivity index (χ0v) is 19.0. The molecule has 9 heteroatoms. The molecule has 0 aromatic heterocycles. The topological polar surface area (TPSA) is 79.8 Å². The van der Waals surface area contributed by atoms with E-state index in [1.165, 1.54) is 12.1 Å². The van der Waals surface area contributed by atoms with Crippen LogP contribution in [0.25, 0.3) is 0 Å². The summed E-state index contributed by atoms with van der Waals surface area (Å²) in [7, 11) is 0. The maximum Gasteiger partial charge on any atom is 0.258 e. The number of carbonyl (C=O) groups excluding carboxylic acids is 1. The number of carbonyl (C=O) groups is 1. The molecule has 1 atom stereocenters. The minimum Gasteiger partial charge on any atom is -0.491 e. The molecule has 2 aromatic carbocycles. The van der Waals surface area contributed by atoms with E-state index in [2.05, 4.69) is 10.6 Å². The normalized spacial score (nSPS) is 19.2. The van der Waals surface area contributed by atoms with Gasteiger partial charge in [0, 0.05) is 29.7 Å². The van der Waals surface area contributed by atoms with Gasteiger partial charge in [0.05, 0.1) is 5.02 Å². The molecule has 0 radical (unpaired) electrons. The Labute approximate surface area is 197 Å². The smallest absolute Gasteiger partial charge is 0.258 e. The second-order valence-corrected chi connectivity index (χ2v) is 8.65. The molecule has 0 bridgehead atoms. The summed E-state index contributed by atoms with van der Waals surface area (Å²) >= 11 is 11.5. The number of halogens is 3. The van der Waals surface area contributed by atoms with Crippen LogP contribution in [-0.4, -0.2) is 49.0 Å². The highest BCUT2D eigenvalue weighted by atomic mass is 35.5. The SMILES string of the molecule is O=C(COc1ccc(Cl)c(F)c1)N[C@H]1CC[C@@H](NCC(O)COc2ccc(Cl)cc2)CC1. The monoisotopic (exact) mass is 484 g/mol. The number of aliphatic hydroxyl groups excluding tert-OH is 1. The van der Waals surface area contributed by atoms with E-state index in [1.54, 1.807) is 24.3 Å². The van der Waals surface area contributed by atoms with Gasteiger partial charge in [-0.15, -0.1) is 0 Å². The molecule has 0 aliphatic heterocycles. The average molecular weight is 485 g/mol. The van der Waals surface area contributed by atoms with Gasteiger partial charge < -0.3 is 25.2 Å². The number of hydrogen-bond acceptors (Lipinski definition) is 5. The van der Waals surface area contributed by atoms with Crippen molar-refractivity contribution in [3.8, 4) is 11.5 Å². The number of nitrogens with one attached hydrogen (secondary N) is 2. The zero-order valence-electron chi connectivity index (χ0n) is 17.5. The first-order chi connectivity index (χ1) is 15.4. The van der Waals surface area contributed by atoms with Crippen LogP contribution in [-0.2, 0) is 4.79 Å². The molecule has 32 heavy (non-hydrogen) atoms. The number of rotatable bonds is 10. The second-order valence-electron chi connectivity index (χ2n) is 7.81. The number of ether oxygens (including phenoxy) is 2. The van der Waals surface area contributed by atoms with E-state index >= 15 is 0 Å². The van der Waals surface area contributed by atoms with Crippen LogP contribution < -0.4 is 20.1 Å². The van der Waals surface area contributed by atoms with Gasteiger partial charge in [-0.05, 0) is 62.1 Å². The highest BCUT2D eigenvalue weighted by molar-refractivity contribution is 6.30. The molecule has 0 saturated heterocycles. The fourth-order valence-corrected chi connectivity index (χ4v) is 3.76. The van der Waals surface area contributed by atoms with E-state index in [1.807, 2.05) is 0 Å². The molecular weight excluding hydrogens is 458 g/mol. The van der Waals surface area contributed by atoms with Crippen molar-refractivity contribution >= 4 is 29.1 Å². The highest BCUT2D eigenvalue weighted by Crippen LogP contribution is 2.21. The van der Waals surface area contributed by atoms with Crippen LogP contribution in [0.4, 0.5) is 4.39 Å². The number of amides is 1. The second kappa shape index (κ2) is 12.3. The van der Waals surface area contributed by atoms with Crippen LogP contribution >= 0.6 is 23.2 Å². The summed E-state index contributed by atoms with van der Waals surface area (Å²) in [5.74, 6) is 0.0898. The lowest BCUT2D eigenvalue weighted by atomic mass is 9.91. The lowest BCUT2D eigenvalue weighted by Crippen LogP contribution is -2.45. The molecule has 6 nitrogen and oxygen atoms in total. The predicted octanol–water partition coefficient (Wildman–Crippen LogP) is 3.97. The van der Waals surface area contributed by atoms with Crippen LogP contribution in [0.2, 0.25) is 10.0 Å². The Morgan fingerprint density at radius 3 is 2.38 bits per heavy atom. The predicted molar refractivity (Wildman–Crippen MR) is 122 cm³/mol. The third-order valence-corrected chi connectivity index (χ3v) is 5.81. The van der Waals surface area contributed by atoms with Gasteiger partial charge in [0.2, 0.25) is 0 Å². The van der Waals surface area contributed by atoms with Gasteiger partial charge in [-0.1, -0.05) is 23.2 Å². The first-order valence-electron chi connectivity index (χ1n) is 10.6. The maximum atomic E-state index is 13.4. The standard InChI is InChI=1S/C23H27Cl2FN2O4/c24-15-1-7-19(8-2-15)31-13-18(29)12-27-16-3-5-17(6-4-16)28-23(30)14-32-20-9-10-21(25)22(26)11-20/h1-2,7-11,16-18,27,29H,3-6,12-14H2,(H,28,30)/t16-,17+,18?. The van der Waals surface area contributed by atoms with Crippen molar-refractivity contribution in [2.24, 2.45) is 0 Å². The molecule has 1 aliphatic carbocycles. The highest BCUT2D eigenvalue weighted by Gasteiger charge is 2.23. The molecule has 1 fully saturated rings. The Bertz CT molecular complexity index is 877. The van der Waals surface area contributed by atoms with E-state index < -0.39 is 11.9 Å². The molecule has 3 rings (SSSR count). The molecule has 1 saturated carbocycles. The first-order valence-corrected chi connectivity index (χ1v) is 11.3. The van der Waals surface area contributed by atoms with E-state index in [9.17, 15) is 14.3 Å². The van der Waals surface area contributed by atoms with Crippen molar-refractivity contribution in [1.29, 1.82) is 0 Å². The van der Waals surface area contributed by atoms with Gasteiger partial charge in [-0.3, -0.25) is 4.79 Å². The summed E-state index contributed by atoms with van der Waals surface area (Å²) in [5, 5.41) is 17.1. The summed E-state index contributed by atoms with van der Waals surface area (Å²) in [6, 6.07) is 11.4. The lowest BCUT2D eigenvalue weighted by Gasteiger charge is -2.30. The summed E-state index contributed by atoms with van der Waals surface area (Å²) in [6.45, 7) is 0.442. The van der Waals surface area contributed by atoms with Crippen molar-refractivity contribution < 1.29 is 23.8 Å². The van der Waals surface area contributed by atoms with Crippen LogP contribution in [0.1, 0.15) is 25.7 Å². The van der Waals surface area contributed by atoms with E-state index in [-0.39, 0.29) is 42.0 Å². The minimum absolute atomic E-state index is 0.00812. The van der Waals surface area contributed by atoms with Gasteiger partial charge in [0.15, 0.2) is 6.61 Å². The van der Waals surface area contributed by atoms with Gasteiger partial charge in [-0.25, -0.2) is 4.39 Å². The van der Waals surface area contributed by atoms with Crippen molar-refractivity contribution in [3.63, 3.8) is 0 Å². The average Bonchev–Trinajstić information content (AvgIpc) is 2.79. The minimum atomic E-state index is -0.627. The molecule has 1 unspecified atom stereocenters. The molecule has 174 valence electrons. The maximum absolute atomic E-state index is 13.4. The first kappa shape index (κ1) is 24.6. The van der Waals surface area contributed by atoms with Gasteiger partial charge >= 0.3 is 0 Å². The Morgan fingerprint density at radius 1 is 1.03 bits per heavy atom. The summed E-state index contributed by atoms with van der Waals surface area (Å²) in [5.41, 5.74) is 0. The van der Waals surface area contributed by atoms with Crippen LogP contribution in [0.5, 0.6) is 11.5 Å². The summed E-state index contributed by atoms with van der Waals surface area (Å²) in [4.78, 5) is 12.1. The van der Waals surface area contributed by atoms with Crippen LogP contribution in [0.3, 0.4) is 0 Å². The van der Waals surface area contributed by atoms with E-state index in [0.717, 1.165) is 31.7 Å². The zero-order chi connectivity index (χ0) is 22.9. The fraction of sp³-hybridized carbons (Fsp3) is 0.435. The van der Waals surface area contributed by atoms with Crippen molar-refractivity contribution in [1.82, 2.24) is 10.6 Å². The Kier molecular flexibility index (Phi) is 9.41. The van der Waals surface area contributed by atoms with Gasteiger partial charge in [0.1, 0.15) is 30.0 Å².